The van der Waals surface area contributed by atoms with Gasteiger partial charge in [0.05, 0.1) is 17.6 Å². The molecule has 1 atom stereocenters. The van der Waals surface area contributed by atoms with Gasteiger partial charge in [0, 0.05) is 26.1 Å². The molecular weight excluding hydrogens is 360 g/mol. The van der Waals surface area contributed by atoms with Gasteiger partial charge in [-0.3, -0.25) is 0 Å². The summed E-state index contributed by atoms with van der Waals surface area (Å²) in [6, 6.07) is 10.8. The molecule has 0 saturated carbocycles. The summed E-state index contributed by atoms with van der Waals surface area (Å²) in [6.07, 6.45) is 1.90. The number of hydrogen-bond donors (Lipinski definition) is 2. The van der Waals surface area contributed by atoms with Crippen LogP contribution < -0.4 is 5.32 Å². The number of urea groups is 1. The smallest absolute Gasteiger partial charge is 0.371 e. The molecule has 2 amide bonds. The van der Waals surface area contributed by atoms with Crippen LogP contribution in [0.1, 0.15) is 40.9 Å². The van der Waals surface area contributed by atoms with Crippen LogP contribution in [0.5, 0.6) is 0 Å². The maximum absolute atomic E-state index is 12.6. The second-order valence-corrected chi connectivity index (χ2v) is 7.03. The summed E-state index contributed by atoms with van der Waals surface area (Å²) in [7, 11) is 2.01. The van der Waals surface area contributed by atoms with Crippen molar-refractivity contribution in [3.05, 3.63) is 53.7 Å². The number of amides is 2. The summed E-state index contributed by atoms with van der Waals surface area (Å²) in [6.45, 7) is 1.44. The monoisotopic (exact) mass is 382 g/mol. The van der Waals surface area contributed by atoms with Gasteiger partial charge in [0.15, 0.2) is 0 Å². The predicted molar refractivity (Wildman–Crippen MR) is 102 cm³/mol. The molecule has 146 valence electrons. The van der Waals surface area contributed by atoms with Crippen LogP contribution in [-0.2, 0) is 13.6 Å². The van der Waals surface area contributed by atoms with Gasteiger partial charge < -0.3 is 24.3 Å². The van der Waals surface area contributed by atoms with Crippen molar-refractivity contribution >= 4 is 23.0 Å². The number of fused-ring (bicyclic) bond motifs is 1. The summed E-state index contributed by atoms with van der Waals surface area (Å²) in [5.41, 5.74) is 2.06. The lowest BCUT2D eigenvalue weighted by Crippen LogP contribution is -2.45. The van der Waals surface area contributed by atoms with E-state index in [-0.39, 0.29) is 24.3 Å². The number of likely N-dealkylation sites (tertiary alicyclic amines) is 1. The largest absolute Gasteiger partial charge is 0.475 e. The van der Waals surface area contributed by atoms with E-state index in [1.54, 1.807) is 11.0 Å². The fourth-order valence-electron chi connectivity index (χ4n) is 3.76. The van der Waals surface area contributed by atoms with Crippen LogP contribution in [0.2, 0.25) is 0 Å². The minimum Gasteiger partial charge on any atom is -0.475 e. The highest BCUT2D eigenvalue weighted by Gasteiger charge is 2.28. The van der Waals surface area contributed by atoms with Crippen molar-refractivity contribution in [2.75, 3.05) is 13.1 Å². The third kappa shape index (κ3) is 3.45. The number of imidazole rings is 1. The zero-order chi connectivity index (χ0) is 19.7. The molecule has 0 bridgehead atoms. The third-order valence-electron chi connectivity index (χ3n) is 5.18. The lowest BCUT2D eigenvalue weighted by Gasteiger charge is -2.32. The van der Waals surface area contributed by atoms with Crippen LogP contribution in [0.3, 0.4) is 0 Å². The van der Waals surface area contributed by atoms with Crippen LogP contribution in [0.25, 0.3) is 11.0 Å². The number of aryl methyl sites for hydroxylation is 1. The van der Waals surface area contributed by atoms with E-state index in [4.69, 9.17) is 14.5 Å². The Hall–Kier alpha value is -3.29. The number of aromatic carboxylic acids is 1. The minimum atomic E-state index is -1.13. The number of carboxylic acid groups (broad SMARTS) is 1. The van der Waals surface area contributed by atoms with Crippen molar-refractivity contribution in [1.82, 2.24) is 19.8 Å². The molecule has 1 fully saturated rings. The Morgan fingerprint density at radius 3 is 2.86 bits per heavy atom. The van der Waals surface area contributed by atoms with Crippen LogP contribution in [0, 0.1) is 0 Å². The fraction of sp³-hybridized carbons (Fsp3) is 0.350. The number of carbonyl (C=O) groups excluding carboxylic acids is 1. The van der Waals surface area contributed by atoms with E-state index in [1.165, 1.54) is 6.07 Å². The highest BCUT2D eigenvalue weighted by Crippen LogP contribution is 2.28. The molecule has 0 spiro atoms. The van der Waals surface area contributed by atoms with E-state index in [2.05, 4.69) is 9.88 Å². The van der Waals surface area contributed by atoms with Crippen molar-refractivity contribution in [3.63, 3.8) is 0 Å². The summed E-state index contributed by atoms with van der Waals surface area (Å²) < 4.78 is 7.29. The average Bonchev–Trinajstić information content (AvgIpc) is 3.32. The number of carbonyl (C=O) groups is 2. The van der Waals surface area contributed by atoms with Gasteiger partial charge in [0.1, 0.15) is 11.6 Å². The maximum atomic E-state index is 12.6. The molecule has 4 rings (SSSR count). The number of para-hydroxylation sites is 2. The number of aromatic nitrogens is 2. The number of nitrogens with one attached hydrogen (secondary N) is 1. The second kappa shape index (κ2) is 7.38. The van der Waals surface area contributed by atoms with Crippen LogP contribution >= 0.6 is 0 Å². The average molecular weight is 382 g/mol. The lowest BCUT2D eigenvalue weighted by molar-refractivity contribution is 0.0660. The highest BCUT2D eigenvalue weighted by atomic mass is 16.4. The standard InChI is InChI=1S/C20H22N4O4/c1-23-16-7-3-2-6-15(16)22-18(23)13-5-4-10-24(12-13)20(27)21-11-14-8-9-17(28-14)19(25)26/h2-3,6-9,13H,4-5,10-12H2,1H3,(H,21,27)(H,25,26). The SMILES string of the molecule is Cn1c(C2CCCN(C(=O)NCc3ccc(C(=O)O)o3)C2)nc2ccccc21. The molecule has 2 aromatic heterocycles. The molecule has 1 unspecified atom stereocenters. The van der Waals surface area contributed by atoms with Crippen molar-refractivity contribution in [1.29, 1.82) is 0 Å². The third-order valence-corrected chi connectivity index (χ3v) is 5.18. The number of furan rings is 1. The quantitative estimate of drug-likeness (QED) is 0.722. The molecule has 1 aromatic carbocycles. The van der Waals surface area contributed by atoms with Gasteiger partial charge in [0.25, 0.3) is 0 Å². The molecule has 8 heteroatoms. The van der Waals surface area contributed by atoms with E-state index >= 15 is 0 Å². The maximum Gasteiger partial charge on any atom is 0.371 e. The first-order chi connectivity index (χ1) is 13.5. The first-order valence-electron chi connectivity index (χ1n) is 9.29. The van der Waals surface area contributed by atoms with Crippen molar-refractivity contribution in [2.45, 2.75) is 25.3 Å². The Balaban J connectivity index is 1.41. The minimum absolute atomic E-state index is 0.135. The van der Waals surface area contributed by atoms with Gasteiger partial charge in [-0.1, -0.05) is 12.1 Å². The van der Waals surface area contributed by atoms with E-state index in [0.717, 1.165) is 29.7 Å². The molecule has 1 saturated heterocycles. The first-order valence-corrected chi connectivity index (χ1v) is 9.29. The number of piperidine rings is 1. The zero-order valence-electron chi connectivity index (χ0n) is 15.6. The van der Waals surface area contributed by atoms with Crippen molar-refractivity contribution in [3.8, 4) is 0 Å². The van der Waals surface area contributed by atoms with Crippen molar-refractivity contribution in [2.24, 2.45) is 7.05 Å². The van der Waals surface area contributed by atoms with E-state index in [0.29, 0.717) is 18.8 Å². The predicted octanol–water partition coefficient (Wildman–Crippen LogP) is 2.95. The molecular formula is C20H22N4O4. The lowest BCUT2D eigenvalue weighted by atomic mass is 9.97. The Labute approximate surface area is 161 Å². The molecule has 3 heterocycles. The van der Waals surface area contributed by atoms with E-state index < -0.39 is 5.97 Å². The van der Waals surface area contributed by atoms with Crippen LogP contribution in [0.4, 0.5) is 4.79 Å². The normalized spacial score (nSPS) is 17.0. The topological polar surface area (TPSA) is 101 Å². The summed E-state index contributed by atoms with van der Waals surface area (Å²) in [4.78, 5) is 30.0. The highest BCUT2D eigenvalue weighted by molar-refractivity contribution is 5.84. The first kappa shape index (κ1) is 18.1. The molecule has 2 N–H and O–H groups in total. The molecule has 28 heavy (non-hydrogen) atoms. The zero-order valence-corrected chi connectivity index (χ0v) is 15.6. The van der Waals surface area contributed by atoms with Gasteiger partial charge in [-0.05, 0) is 37.1 Å². The number of nitrogens with zero attached hydrogens (tertiary/aromatic N) is 3. The van der Waals surface area contributed by atoms with Gasteiger partial charge in [-0.15, -0.1) is 0 Å². The summed E-state index contributed by atoms with van der Waals surface area (Å²) >= 11 is 0. The molecule has 0 radical (unpaired) electrons. The van der Waals surface area contributed by atoms with E-state index in [9.17, 15) is 9.59 Å². The van der Waals surface area contributed by atoms with Gasteiger partial charge >= 0.3 is 12.0 Å². The van der Waals surface area contributed by atoms with Crippen LogP contribution in [0.15, 0.2) is 40.8 Å². The molecule has 3 aromatic rings. The Morgan fingerprint density at radius 1 is 1.29 bits per heavy atom. The fourth-order valence-corrected chi connectivity index (χ4v) is 3.76. The van der Waals surface area contributed by atoms with Crippen molar-refractivity contribution < 1.29 is 19.1 Å². The number of rotatable bonds is 4. The summed E-state index contributed by atoms with van der Waals surface area (Å²) in [5.74, 6) is 0.327. The molecule has 0 aliphatic carbocycles. The molecule has 8 nitrogen and oxygen atoms in total. The Bertz CT molecular complexity index is 1020. The Morgan fingerprint density at radius 2 is 2.11 bits per heavy atom. The summed E-state index contributed by atoms with van der Waals surface area (Å²) in [5, 5.41) is 11.7. The number of benzene rings is 1. The van der Waals surface area contributed by atoms with Gasteiger partial charge in [-0.2, -0.15) is 0 Å². The molecule has 1 aliphatic heterocycles. The Kier molecular flexibility index (Phi) is 4.77. The van der Waals surface area contributed by atoms with E-state index in [1.807, 2.05) is 31.3 Å². The van der Waals surface area contributed by atoms with Gasteiger partial charge in [-0.25, -0.2) is 14.6 Å². The van der Waals surface area contributed by atoms with Gasteiger partial charge in [0.2, 0.25) is 5.76 Å². The molecule has 1 aliphatic rings. The van der Waals surface area contributed by atoms with Crippen LogP contribution in [-0.4, -0.2) is 44.6 Å². The number of carboxylic acids is 1. The second-order valence-electron chi connectivity index (χ2n) is 7.03. The number of hydrogen-bond acceptors (Lipinski definition) is 4.